The van der Waals surface area contributed by atoms with Gasteiger partial charge in [0.1, 0.15) is 0 Å². The molecule has 1 rings (SSSR count). The number of aliphatic carboxylic acids is 1. The van der Waals surface area contributed by atoms with E-state index < -0.39 is 35.1 Å². The number of alkyl halides is 3. The minimum Gasteiger partial charge on any atom is -0.478 e. The maximum atomic E-state index is 12.0. The lowest BCUT2D eigenvalue weighted by atomic mass is 10.2. The van der Waals surface area contributed by atoms with Crippen LogP contribution in [0.4, 0.5) is 13.2 Å². The van der Waals surface area contributed by atoms with Crippen LogP contribution in [0.15, 0.2) is 35.2 Å². The maximum absolute atomic E-state index is 12.0. The van der Waals surface area contributed by atoms with Crippen molar-refractivity contribution in [1.82, 2.24) is 4.72 Å². The Labute approximate surface area is 119 Å². The fourth-order valence-corrected chi connectivity index (χ4v) is 2.45. The van der Waals surface area contributed by atoms with Gasteiger partial charge in [0, 0.05) is 12.6 Å². The predicted octanol–water partition coefficient (Wildman–Crippen LogP) is 2.02. The highest BCUT2D eigenvalue weighted by atomic mass is 32.2. The summed E-state index contributed by atoms with van der Waals surface area (Å²) in [5.41, 5.74) is 0.302. The third kappa shape index (κ3) is 6.41. The number of rotatable bonds is 6. The summed E-state index contributed by atoms with van der Waals surface area (Å²) >= 11 is 0. The second-order valence-electron chi connectivity index (χ2n) is 4.01. The molecule has 0 saturated heterocycles. The van der Waals surface area contributed by atoms with Crippen molar-refractivity contribution >= 4 is 22.1 Å². The van der Waals surface area contributed by atoms with Gasteiger partial charge < -0.3 is 5.11 Å². The summed E-state index contributed by atoms with van der Waals surface area (Å²) in [4.78, 5) is 10.1. The quantitative estimate of drug-likeness (QED) is 0.785. The van der Waals surface area contributed by atoms with Crippen LogP contribution in [-0.4, -0.2) is 32.2 Å². The smallest absolute Gasteiger partial charge is 0.390 e. The van der Waals surface area contributed by atoms with Crippen molar-refractivity contribution in [1.29, 1.82) is 0 Å². The van der Waals surface area contributed by atoms with Gasteiger partial charge in [-0.2, -0.15) is 13.2 Å². The van der Waals surface area contributed by atoms with Crippen molar-refractivity contribution in [3.8, 4) is 0 Å². The molecule has 0 fully saturated rings. The van der Waals surface area contributed by atoms with E-state index in [0.717, 1.165) is 12.1 Å². The first kappa shape index (κ1) is 17.2. The number of carbonyl (C=O) groups is 1. The lowest BCUT2D eigenvalue weighted by Gasteiger charge is -2.09. The number of carboxylic acids is 1. The lowest BCUT2D eigenvalue weighted by Crippen LogP contribution is -2.28. The van der Waals surface area contributed by atoms with Crippen LogP contribution in [0.2, 0.25) is 0 Å². The van der Waals surface area contributed by atoms with Gasteiger partial charge >= 0.3 is 12.1 Å². The normalized spacial score (nSPS) is 12.7. The molecule has 0 aromatic heterocycles. The molecule has 0 bridgehead atoms. The number of sulfonamides is 1. The minimum atomic E-state index is -4.45. The standard InChI is InChI=1S/C12H12F3NO4S/c13-12(14,15)6-7-16-21(19,20)10-3-1-2-9(8-10)4-5-11(17)18/h1-5,8,16H,6-7H2,(H,17,18). The molecular formula is C12H12F3NO4S. The summed E-state index contributed by atoms with van der Waals surface area (Å²) in [5, 5.41) is 8.47. The topological polar surface area (TPSA) is 83.5 Å². The molecule has 2 N–H and O–H groups in total. The van der Waals surface area contributed by atoms with E-state index in [1.165, 1.54) is 24.3 Å². The molecule has 0 amide bonds. The number of halogens is 3. The van der Waals surface area contributed by atoms with Gasteiger partial charge in [-0.15, -0.1) is 0 Å². The Balaban J connectivity index is 2.84. The molecule has 0 heterocycles. The van der Waals surface area contributed by atoms with E-state index in [0.29, 0.717) is 5.56 Å². The van der Waals surface area contributed by atoms with E-state index in [2.05, 4.69) is 0 Å². The minimum absolute atomic E-state index is 0.239. The number of benzene rings is 1. The Bertz CT molecular complexity index is 638. The Morgan fingerprint density at radius 1 is 1.33 bits per heavy atom. The highest BCUT2D eigenvalue weighted by molar-refractivity contribution is 7.89. The summed E-state index contributed by atoms with van der Waals surface area (Å²) in [6, 6.07) is 5.19. The largest absolute Gasteiger partial charge is 0.478 e. The second kappa shape index (κ2) is 6.72. The molecule has 116 valence electrons. The van der Waals surface area contributed by atoms with Crippen molar-refractivity contribution in [2.75, 3.05) is 6.54 Å². The van der Waals surface area contributed by atoms with Gasteiger partial charge in [-0.1, -0.05) is 12.1 Å². The summed E-state index contributed by atoms with van der Waals surface area (Å²) in [6.07, 6.45) is -3.72. The van der Waals surface area contributed by atoms with Crippen molar-refractivity contribution in [2.24, 2.45) is 0 Å². The molecule has 0 aliphatic rings. The molecule has 0 radical (unpaired) electrons. The molecule has 0 aliphatic heterocycles. The van der Waals surface area contributed by atoms with Crippen LogP contribution in [0.25, 0.3) is 6.08 Å². The molecular weight excluding hydrogens is 311 g/mol. The summed E-state index contributed by atoms with van der Waals surface area (Å²) in [5.74, 6) is -1.20. The average Bonchev–Trinajstić information content (AvgIpc) is 2.35. The Kier molecular flexibility index (Phi) is 5.50. The molecule has 5 nitrogen and oxygen atoms in total. The van der Waals surface area contributed by atoms with Gasteiger partial charge in [-0.25, -0.2) is 17.9 Å². The molecule has 0 spiro atoms. The van der Waals surface area contributed by atoms with Crippen molar-refractivity contribution < 1.29 is 31.5 Å². The Hall–Kier alpha value is -1.87. The zero-order valence-corrected chi connectivity index (χ0v) is 11.4. The number of carboxylic acid groups (broad SMARTS) is 1. The van der Waals surface area contributed by atoms with E-state index in [4.69, 9.17) is 5.11 Å². The first-order valence-electron chi connectivity index (χ1n) is 5.68. The van der Waals surface area contributed by atoms with E-state index in [1.54, 1.807) is 0 Å². The molecule has 0 atom stereocenters. The number of hydrogen-bond donors (Lipinski definition) is 2. The molecule has 1 aromatic rings. The zero-order valence-electron chi connectivity index (χ0n) is 10.6. The number of hydrogen-bond acceptors (Lipinski definition) is 3. The first-order chi connectivity index (χ1) is 9.60. The van der Waals surface area contributed by atoms with Gasteiger partial charge in [0.05, 0.1) is 11.3 Å². The van der Waals surface area contributed by atoms with E-state index >= 15 is 0 Å². The lowest BCUT2D eigenvalue weighted by molar-refractivity contribution is -0.133. The SMILES string of the molecule is O=C(O)C=Cc1cccc(S(=O)(=O)NCCC(F)(F)F)c1. The Morgan fingerprint density at radius 2 is 2.00 bits per heavy atom. The van der Waals surface area contributed by atoms with Crippen LogP contribution in [0.3, 0.4) is 0 Å². The third-order valence-corrected chi connectivity index (χ3v) is 3.75. The van der Waals surface area contributed by atoms with Gasteiger partial charge in [-0.05, 0) is 23.8 Å². The van der Waals surface area contributed by atoms with Crippen LogP contribution in [0.1, 0.15) is 12.0 Å². The van der Waals surface area contributed by atoms with Crippen LogP contribution >= 0.6 is 0 Å². The predicted molar refractivity (Wildman–Crippen MR) is 69.0 cm³/mol. The van der Waals surface area contributed by atoms with Crippen LogP contribution in [0, 0.1) is 0 Å². The highest BCUT2D eigenvalue weighted by Crippen LogP contribution is 2.19. The average molecular weight is 323 g/mol. The zero-order chi connectivity index (χ0) is 16.1. The van der Waals surface area contributed by atoms with Gasteiger partial charge in [0.2, 0.25) is 10.0 Å². The van der Waals surface area contributed by atoms with E-state index in [-0.39, 0.29) is 4.90 Å². The third-order valence-electron chi connectivity index (χ3n) is 2.29. The summed E-state index contributed by atoms with van der Waals surface area (Å²) in [6.45, 7) is -0.763. The molecule has 9 heteroatoms. The molecule has 0 saturated carbocycles. The second-order valence-corrected chi connectivity index (χ2v) is 5.77. The van der Waals surface area contributed by atoms with Crippen molar-refractivity contribution in [3.05, 3.63) is 35.9 Å². The van der Waals surface area contributed by atoms with Crippen LogP contribution < -0.4 is 4.72 Å². The molecule has 21 heavy (non-hydrogen) atoms. The van der Waals surface area contributed by atoms with Gasteiger partial charge in [0.15, 0.2) is 0 Å². The molecule has 1 aromatic carbocycles. The fraction of sp³-hybridized carbons (Fsp3) is 0.250. The Morgan fingerprint density at radius 3 is 2.57 bits per heavy atom. The monoisotopic (exact) mass is 323 g/mol. The van der Waals surface area contributed by atoms with Gasteiger partial charge in [-0.3, -0.25) is 0 Å². The van der Waals surface area contributed by atoms with Crippen molar-refractivity contribution in [3.63, 3.8) is 0 Å². The van der Waals surface area contributed by atoms with Crippen LogP contribution in [0.5, 0.6) is 0 Å². The van der Waals surface area contributed by atoms with E-state index in [9.17, 15) is 26.4 Å². The van der Waals surface area contributed by atoms with Gasteiger partial charge in [0.25, 0.3) is 0 Å². The first-order valence-corrected chi connectivity index (χ1v) is 7.16. The molecule has 0 aliphatic carbocycles. The fourth-order valence-electron chi connectivity index (χ4n) is 1.36. The highest BCUT2D eigenvalue weighted by Gasteiger charge is 2.27. The molecule has 0 unspecified atom stereocenters. The maximum Gasteiger partial charge on any atom is 0.390 e. The van der Waals surface area contributed by atoms with Crippen LogP contribution in [-0.2, 0) is 14.8 Å². The summed E-state index contributed by atoms with van der Waals surface area (Å²) in [7, 11) is -4.08. The summed E-state index contributed by atoms with van der Waals surface area (Å²) < 4.78 is 61.3. The van der Waals surface area contributed by atoms with Crippen molar-refractivity contribution in [2.45, 2.75) is 17.5 Å². The number of nitrogens with one attached hydrogen (secondary N) is 1. The van der Waals surface area contributed by atoms with E-state index in [1.807, 2.05) is 4.72 Å².